The van der Waals surface area contributed by atoms with Crippen LogP contribution in [0, 0.1) is 5.92 Å². The van der Waals surface area contributed by atoms with Gasteiger partial charge in [0.25, 0.3) is 0 Å². The summed E-state index contributed by atoms with van der Waals surface area (Å²) in [6.45, 7) is 1.15. The van der Waals surface area contributed by atoms with Gasteiger partial charge in [-0.15, -0.1) is 0 Å². The van der Waals surface area contributed by atoms with E-state index < -0.39 is 10.0 Å². The fourth-order valence-electron chi connectivity index (χ4n) is 3.30. The van der Waals surface area contributed by atoms with Gasteiger partial charge >= 0.3 is 0 Å². The summed E-state index contributed by atoms with van der Waals surface area (Å²) in [6.07, 6.45) is 2.92. The van der Waals surface area contributed by atoms with Crippen LogP contribution in [-0.2, 0) is 21.2 Å². The van der Waals surface area contributed by atoms with Gasteiger partial charge in [0.05, 0.1) is 11.4 Å². The van der Waals surface area contributed by atoms with Crippen LogP contribution >= 0.6 is 15.9 Å². The Kier molecular flexibility index (Phi) is 6.68. The van der Waals surface area contributed by atoms with Crippen molar-refractivity contribution in [2.75, 3.05) is 19.6 Å². The molecule has 0 atom stereocenters. The number of amides is 1. The molecule has 7 heteroatoms. The zero-order valence-electron chi connectivity index (χ0n) is 15.0. The normalized spacial score (nSPS) is 15.7. The molecule has 1 saturated heterocycles. The van der Waals surface area contributed by atoms with Gasteiger partial charge < -0.3 is 4.90 Å². The number of nitrogens with one attached hydrogen (secondary N) is 1. The Morgan fingerprint density at radius 2 is 1.67 bits per heavy atom. The van der Waals surface area contributed by atoms with E-state index in [-0.39, 0.29) is 17.3 Å². The lowest BCUT2D eigenvalue weighted by molar-refractivity contribution is -0.131. The fourth-order valence-corrected chi connectivity index (χ4v) is 4.54. The van der Waals surface area contributed by atoms with Gasteiger partial charge in [0.2, 0.25) is 15.9 Å². The second-order valence-corrected chi connectivity index (χ2v) is 9.47. The highest BCUT2D eigenvalue weighted by atomic mass is 79.9. The molecule has 0 bridgehead atoms. The summed E-state index contributed by atoms with van der Waals surface area (Å²) in [6, 6.07) is 16.7. The number of carbonyl (C=O) groups excluding carboxylic acids is 1. The number of hydrogen-bond acceptors (Lipinski definition) is 3. The molecule has 27 heavy (non-hydrogen) atoms. The van der Waals surface area contributed by atoms with Crippen LogP contribution < -0.4 is 4.72 Å². The molecule has 1 amide bonds. The topological polar surface area (TPSA) is 66.5 Å². The smallest absolute Gasteiger partial charge is 0.241 e. The third-order valence-corrected chi connectivity index (χ3v) is 6.82. The van der Waals surface area contributed by atoms with E-state index in [2.05, 4.69) is 32.8 Å². The monoisotopic (exact) mass is 450 g/mol. The maximum Gasteiger partial charge on any atom is 0.241 e. The van der Waals surface area contributed by atoms with Crippen LogP contribution in [-0.4, -0.2) is 38.9 Å². The maximum atomic E-state index is 12.4. The first-order valence-electron chi connectivity index (χ1n) is 9.01. The van der Waals surface area contributed by atoms with Gasteiger partial charge in [-0.1, -0.05) is 46.3 Å². The van der Waals surface area contributed by atoms with Gasteiger partial charge in [0.1, 0.15) is 0 Å². The summed E-state index contributed by atoms with van der Waals surface area (Å²) >= 11 is 3.28. The van der Waals surface area contributed by atoms with E-state index in [1.165, 1.54) is 17.7 Å². The van der Waals surface area contributed by atoms with Crippen LogP contribution in [0.15, 0.2) is 64.0 Å². The Labute approximate surface area is 169 Å². The maximum absolute atomic E-state index is 12.4. The SMILES string of the molecule is O=C(CNS(=O)(=O)c1ccc(Br)cc1)N1CCC(Cc2ccccc2)CC1. The molecule has 2 aromatic carbocycles. The van der Waals surface area contributed by atoms with E-state index in [0.29, 0.717) is 19.0 Å². The van der Waals surface area contributed by atoms with Crippen molar-refractivity contribution in [1.29, 1.82) is 0 Å². The number of likely N-dealkylation sites (tertiary alicyclic amines) is 1. The first-order valence-corrected chi connectivity index (χ1v) is 11.3. The average Bonchev–Trinajstić information content (AvgIpc) is 2.68. The van der Waals surface area contributed by atoms with Crippen molar-refractivity contribution < 1.29 is 13.2 Å². The molecule has 1 aliphatic heterocycles. The summed E-state index contributed by atoms with van der Waals surface area (Å²) in [5, 5.41) is 0. The quantitative estimate of drug-likeness (QED) is 0.734. The molecule has 2 aromatic rings. The largest absolute Gasteiger partial charge is 0.342 e. The predicted octanol–water partition coefficient (Wildman–Crippen LogP) is 3.21. The molecule has 0 spiro atoms. The Morgan fingerprint density at radius 3 is 2.30 bits per heavy atom. The molecule has 1 heterocycles. The molecule has 3 rings (SSSR count). The highest BCUT2D eigenvalue weighted by Gasteiger charge is 2.24. The summed E-state index contributed by atoms with van der Waals surface area (Å²) in [4.78, 5) is 14.3. The highest BCUT2D eigenvalue weighted by Crippen LogP contribution is 2.21. The van der Waals surface area contributed by atoms with Crippen LogP contribution in [0.25, 0.3) is 0 Å². The number of hydrogen-bond donors (Lipinski definition) is 1. The van der Waals surface area contributed by atoms with E-state index in [1.54, 1.807) is 17.0 Å². The third-order valence-electron chi connectivity index (χ3n) is 4.87. The first-order chi connectivity index (χ1) is 12.9. The molecule has 0 saturated carbocycles. The fraction of sp³-hybridized carbons (Fsp3) is 0.350. The summed E-state index contributed by atoms with van der Waals surface area (Å²) in [5.41, 5.74) is 1.32. The van der Waals surface area contributed by atoms with Gasteiger partial charge in [-0.2, -0.15) is 0 Å². The lowest BCUT2D eigenvalue weighted by atomic mass is 9.90. The molecule has 1 fully saturated rings. The standard InChI is InChI=1S/C20H23BrN2O3S/c21-18-6-8-19(9-7-18)27(25,26)22-15-20(24)23-12-10-17(11-13-23)14-16-4-2-1-3-5-16/h1-9,17,22H,10-15H2. The number of halogens is 1. The number of rotatable bonds is 6. The molecule has 1 N–H and O–H groups in total. The van der Waals surface area contributed by atoms with Crippen molar-refractivity contribution in [3.8, 4) is 0 Å². The van der Waals surface area contributed by atoms with Crippen molar-refractivity contribution in [3.05, 3.63) is 64.6 Å². The van der Waals surface area contributed by atoms with E-state index in [9.17, 15) is 13.2 Å². The lowest BCUT2D eigenvalue weighted by Crippen LogP contribution is -2.44. The second kappa shape index (κ2) is 8.99. The average molecular weight is 451 g/mol. The first kappa shape index (κ1) is 20.0. The van der Waals surface area contributed by atoms with Crippen molar-refractivity contribution in [2.45, 2.75) is 24.2 Å². The number of benzene rings is 2. The van der Waals surface area contributed by atoms with Crippen molar-refractivity contribution in [2.24, 2.45) is 5.92 Å². The summed E-state index contributed by atoms with van der Waals surface area (Å²) < 4.78 is 27.8. The van der Waals surface area contributed by atoms with Crippen LogP contribution in [0.5, 0.6) is 0 Å². The molecular formula is C20H23BrN2O3S. The number of sulfonamides is 1. The molecule has 0 radical (unpaired) electrons. The minimum Gasteiger partial charge on any atom is -0.342 e. The minimum absolute atomic E-state index is 0.153. The lowest BCUT2D eigenvalue weighted by Gasteiger charge is -2.32. The molecule has 0 aliphatic carbocycles. The van der Waals surface area contributed by atoms with Crippen LogP contribution in [0.3, 0.4) is 0 Å². The van der Waals surface area contributed by atoms with Crippen LogP contribution in [0.1, 0.15) is 18.4 Å². The van der Waals surface area contributed by atoms with E-state index >= 15 is 0 Å². The zero-order chi connectivity index (χ0) is 19.3. The highest BCUT2D eigenvalue weighted by molar-refractivity contribution is 9.10. The van der Waals surface area contributed by atoms with Gasteiger partial charge in [-0.3, -0.25) is 4.79 Å². The number of carbonyl (C=O) groups is 1. The van der Waals surface area contributed by atoms with Crippen molar-refractivity contribution in [1.82, 2.24) is 9.62 Å². The van der Waals surface area contributed by atoms with Gasteiger partial charge in [-0.25, -0.2) is 13.1 Å². The third kappa shape index (κ3) is 5.64. The molecule has 144 valence electrons. The number of piperidine rings is 1. The zero-order valence-corrected chi connectivity index (χ0v) is 17.4. The molecule has 0 aromatic heterocycles. The summed E-state index contributed by atoms with van der Waals surface area (Å²) in [5.74, 6) is 0.393. The van der Waals surface area contributed by atoms with Crippen molar-refractivity contribution >= 4 is 31.9 Å². The Morgan fingerprint density at radius 1 is 1.04 bits per heavy atom. The van der Waals surface area contributed by atoms with Gasteiger partial charge in [0.15, 0.2) is 0 Å². The van der Waals surface area contributed by atoms with Gasteiger partial charge in [0, 0.05) is 17.6 Å². The molecule has 1 aliphatic rings. The molecule has 5 nitrogen and oxygen atoms in total. The van der Waals surface area contributed by atoms with Gasteiger partial charge in [-0.05, 0) is 55.0 Å². The van der Waals surface area contributed by atoms with E-state index in [4.69, 9.17) is 0 Å². The minimum atomic E-state index is -3.68. The Bertz CT molecular complexity index is 862. The molecule has 0 unspecified atom stereocenters. The second-order valence-electron chi connectivity index (χ2n) is 6.79. The summed E-state index contributed by atoms with van der Waals surface area (Å²) in [7, 11) is -3.68. The van der Waals surface area contributed by atoms with E-state index in [1.807, 2.05) is 18.2 Å². The Hall–Kier alpha value is -1.70. The van der Waals surface area contributed by atoms with Crippen molar-refractivity contribution in [3.63, 3.8) is 0 Å². The predicted molar refractivity (Wildman–Crippen MR) is 109 cm³/mol. The van der Waals surface area contributed by atoms with Crippen LogP contribution in [0.4, 0.5) is 0 Å². The Balaban J connectivity index is 1.47. The number of nitrogens with zero attached hydrogens (tertiary/aromatic N) is 1. The van der Waals surface area contributed by atoms with Crippen LogP contribution in [0.2, 0.25) is 0 Å². The van der Waals surface area contributed by atoms with E-state index in [0.717, 1.165) is 23.7 Å². The molecular weight excluding hydrogens is 428 g/mol.